The molecule has 1 aromatic carbocycles. The second kappa shape index (κ2) is 6.77. The summed E-state index contributed by atoms with van der Waals surface area (Å²) in [7, 11) is -5.06. The Balaban J connectivity index is 2.74. The monoisotopic (exact) mass is 468 g/mol. The quantitative estimate of drug-likeness (QED) is 0.440. The molecule has 0 fully saturated rings. The SMILES string of the molecule is N#Cc1c(S(=O)(=O)C(F)(Cl)Cl)cn(-c2ccc(C(F)(F)F)cc2Cl)c1Cl. The molecule has 13 heteroatoms. The Kier molecular flexibility index (Phi) is 5.50. The van der Waals surface area contributed by atoms with E-state index in [0.717, 1.165) is 10.6 Å². The Morgan fingerprint density at radius 1 is 1.12 bits per heavy atom. The second-order valence-electron chi connectivity index (χ2n) is 4.75. The van der Waals surface area contributed by atoms with Gasteiger partial charge in [0.25, 0.3) is 0 Å². The number of halogens is 8. The lowest BCUT2D eigenvalue weighted by Crippen LogP contribution is -2.21. The molecule has 0 atom stereocenters. The Bertz CT molecular complexity index is 1020. The molecule has 0 radical (unpaired) electrons. The summed E-state index contributed by atoms with van der Waals surface area (Å²) in [4.78, 5) is -0.950. The van der Waals surface area contributed by atoms with Crippen LogP contribution in [0.4, 0.5) is 17.6 Å². The molecule has 0 aliphatic rings. The topological polar surface area (TPSA) is 62.9 Å². The fourth-order valence-electron chi connectivity index (χ4n) is 1.94. The van der Waals surface area contributed by atoms with Crippen molar-refractivity contribution in [2.75, 3.05) is 0 Å². The predicted octanol–water partition coefficient (Wildman–Crippen LogP) is 5.51. The van der Waals surface area contributed by atoms with E-state index in [1.807, 2.05) is 0 Å². The van der Waals surface area contributed by atoms with Crippen molar-refractivity contribution in [1.82, 2.24) is 4.57 Å². The first kappa shape index (κ1) is 21.1. The van der Waals surface area contributed by atoms with Crippen molar-refractivity contribution in [1.29, 1.82) is 5.26 Å². The van der Waals surface area contributed by atoms with Crippen LogP contribution in [0.5, 0.6) is 0 Å². The molecule has 0 aliphatic carbocycles. The summed E-state index contributed by atoms with van der Waals surface area (Å²) in [6.45, 7) is 0. The van der Waals surface area contributed by atoms with Gasteiger partial charge in [-0.15, -0.1) is 0 Å². The Morgan fingerprint density at radius 2 is 1.69 bits per heavy atom. The second-order valence-corrected chi connectivity index (χ2v) is 9.21. The molecule has 26 heavy (non-hydrogen) atoms. The maximum atomic E-state index is 13.6. The number of hydrogen-bond acceptors (Lipinski definition) is 3. The first-order chi connectivity index (χ1) is 11.7. The van der Waals surface area contributed by atoms with Crippen molar-refractivity contribution >= 4 is 56.2 Å². The van der Waals surface area contributed by atoms with Crippen molar-refractivity contribution in [3.63, 3.8) is 0 Å². The maximum Gasteiger partial charge on any atom is 0.416 e. The molecule has 2 rings (SSSR count). The molecule has 1 aromatic heterocycles. The van der Waals surface area contributed by atoms with Gasteiger partial charge in [0.15, 0.2) is 0 Å². The molecule has 0 saturated carbocycles. The Hall–Kier alpha value is -1.18. The minimum absolute atomic E-state index is 0.184. The summed E-state index contributed by atoms with van der Waals surface area (Å²) in [5.41, 5.74) is -1.95. The molecule has 0 amide bonds. The van der Waals surface area contributed by atoms with E-state index in [9.17, 15) is 26.0 Å². The van der Waals surface area contributed by atoms with Gasteiger partial charge in [0.1, 0.15) is 21.7 Å². The molecular formula is C13H4Cl4F4N2O2S. The van der Waals surface area contributed by atoms with Crippen molar-refractivity contribution in [2.45, 2.75) is 15.0 Å². The van der Waals surface area contributed by atoms with Crippen LogP contribution in [0, 0.1) is 11.3 Å². The maximum absolute atomic E-state index is 13.6. The first-order valence-electron chi connectivity index (χ1n) is 6.21. The van der Waals surface area contributed by atoms with E-state index in [1.165, 1.54) is 6.07 Å². The van der Waals surface area contributed by atoms with Gasteiger partial charge in [-0.05, 0) is 41.4 Å². The number of sulfone groups is 1. The van der Waals surface area contributed by atoms with Gasteiger partial charge in [0, 0.05) is 6.20 Å². The van der Waals surface area contributed by atoms with E-state index in [2.05, 4.69) is 0 Å². The molecule has 0 N–H and O–H groups in total. The van der Waals surface area contributed by atoms with Gasteiger partial charge in [0.2, 0.25) is 9.84 Å². The third-order valence-electron chi connectivity index (χ3n) is 3.15. The highest BCUT2D eigenvalue weighted by Gasteiger charge is 2.44. The summed E-state index contributed by atoms with van der Waals surface area (Å²) in [6.07, 6.45) is -3.98. The predicted molar refractivity (Wildman–Crippen MR) is 88.2 cm³/mol. The van der Waals surface area contributed by atoms with E-state index >= 15 is 0 Å². The number of hydrogen-bond donors (Lipinski definition) is 0. The highest BCUT2D eigenvalue weighted by Crippen LogP contribution is 2.41. The average Bonchev–Trinajstić information content (AvgIpc) is 2.82. The third-order valence-corrected chi connectivity index (χ3v) is 6.54. The highest BCUT2D eigenvalue weighted by atomic mass is 35.5. The van der Waals surface area contributed by atoms with Crippen molar-refractivity contribution in [2.24, 2.45) is 0 Å². The summed E-state index contributed by atoms with van der Waals surface area (Å²) in [5.74, 6) is 0. The van der Waals surface area contributed by atoms with E-state index < -0.39 is 46.1 Å². The third kappa shape index (κ3) is 3.62. The minimum Gasteiger partial charge on any atom is -0.304 e. The van der Waals surface area contributed by atoms with Gasteiger partial charge in [-0.3, -0.25) is 0 Å². The zero-order chi connectivity index (χ0) is 20.1. The molecule has 0 unspecified atom stereocenters. The fraction of sp³-hybridized carbons (Fsp3) is 0.154. The van der Waals surface area contributed by atoms with E-state index in [0.29, 0.717) is 18.3 Å². The highest BCUT2D eigenvalue weighted by molar-refractivity contribution is 7.95. The van der Waals surface area contributed by atoms with Crippen LogP contribution in [0.1, 0.15) is 11.1 Å². The number of nitrogens with zero attached hydrogens (tertiary/aromatic N) is 2. The van der Waals surface area contributed by atoms with Crippen LogP contribution in [0.25, 0.3) is 5.69 Å². The molecular weight excluding hydrogens is 466 g/mol. The van der Waals surface area contributed by atoms with Crippen LogP contribution in [-0.4, -0.2) is 16.9 Å². The van der Waals surface area contributed by atoms with Crippen LogP contribution in [-0.2, 0) is 16.0 Å². The van der Waals surface area contributed by atoms with Gasteiger partial charge in [-0.2, -0.15) is 22.8 Å². The van der Waals surface area contributed by atoms with Crippen molar-refractivity contribution in [3.05, 3.63) is 45.7 Å². The number of benzene rings is 1. The van der Waals surface area contributed by atoms with Crippen LogP contribution in [0.15, 0.2) is 29.3 Å². The molecule has 2 aromatic rings. The smallest absolute Gasteiger partial charge is 0.304 e. The summed E-state index contributed by atoms with van der Waals surface area (Å²) < 4.78 is 72.9. The van der Waals surface area contributed by atoms with Gasteiger partial charge in [-0.1, -0.05) is 23.2 Å². The van der Waals surface area contributed by atoms with Crippen LogP contribution >= 0.6 is 46.4 Å². The zero-order valence-electron chi connectivity index (χ0n) is 12.0. The number of nitriles is 1. The molecule has 0 bridgehead atoms. The summed E-state index contributed by atoms with van der Waals surface area (Å²) >= 11 is 21.7. The molecule has 1 heterocycles. The number of alkyl halides is 6. The van der Waals surface area contributed by atoms with Gasteiger partial charge in [-0.25, -0.2) is 8.42 Å². The molecule has 0 saturated heterocycles. The number of rotatable bonds is 3. The zero-order valence-corrected chi connectivity index (χ0v) is 15.8. The molecule has 0 aliphatic heterocycles. The van der Waals surface area contributed by atoms with Gasteiger partial charge in [0.05, 0.1) is 16.3 Å². The largest absolute Gasteiger partial charge is 0.416 e. The van der Waals surface area contributed by atoms with E-state index in [-0.39, 0.29) is 5.69 Å². The van der Waals surface area contributed by atoms with E-state index in [4.69, 9.17) is 51.7 Å². The van der Waals surface area contributed by atoms with Crippen molar-refractivity contribution < 1.29 is 26.0 Å². The van der Waals surface area contributed by atoms with E-state index in [1.54, 1.807) is 0 Å². The van der Waals surface area contributed by atoms with Crippen molar-refractivity contribution in [3.8, 4) is 11.8 Å². The molecule has 0 spiro atoms. The Morgan fingerprint density at radius 3 is 2.12 bits per heavy atom. The average molecular weight is 470 g/mol. The van der Waals surface area contributed by atoms with Gasteiger partial charge >= 0.3 is 10.1 Å². The minimum atomic E-state index is -5.06. The Labute approximate surface area is 164 Å². The normalized spacial score (nSPS) is 12.9. The summed E-state index contributed by atoms with van der Waals surface area (Å²) in [5, 5.41) is 8.12. The lowest BCUT2D eigenvalue weighted by molar-refractivity contribution is -0.137. The van der Waals surface area contributed by atoms with Crippen LogP contribution < -0.4 is 0 Å². The summed E-state index contributed by atoms with van der Waals surface area (Å²) in [6, 6.07) is 3.60. The lowest BCUT2D eigenvalue weighted by Gasteiger charge is -2.11. The van der Waals surface area contributed by atoms with Crippen LogP contribution in [0.2, 0.25) is 10.2 Å². The fourth-order valence-corrected chi connectivity index (χ4v) is 3.96. The first-order valence-corrected chi connectivity index (χ1v) is 9.20. The molecule has 4 nitrogen and oxygen atoms in total. The number of aromatic nitrogens is 1. The standard InChI is InChI=1S/C13H4Cl4F4N2O2S/c14-8-3-6(12(18,19)20)1-2-9(8)23-5-10(7(4-22)11(23)15)26(24,25)13(16,17)21/h1-3,5H. The van der Waals surface area contributed by atoms with Gasteiger partial charge < -0.3 is 4.57 Å². The lowest BCUT2D eigenvalue weighted by atomic mass is 10.2. The molecule has 140 valence electrons. The van der Waals surface area contributed by atoms with Crippen LogP contribution in [0.3, 0.4) is 0 Å².